The quantitative estimate of drug-likeness (QED) is 0.766. The van der Waals surface area contributed by atoms with Crippen LogP contribution in [0.25, 0.3) is 0 Å². The Balaban J connectivity index is 1.97. The summed E-state index contributed by atoms with van der Waals surface area (Å²) in [5.74, 6) is 0.527. The highest BCUT2D eigenvalue weighted by molar-refractivity contribution is 5.95. The van der Waals surface area contributed by atoms with Crippen LogP contribution in [-0.4, -0.2) is 35.3 Å². The Morgan fingerprint density at radius 3 is 2.57 bits per heavy atom. The highest BCUT2D eigenvalue weighted by Gasteiger charge is 2.39. The van der Waals surface area contributed by atoms with Gasteiger partial charge in [0.15, 0.2) is 0 Å². The van der Waals surface area contributed by atoms with Gasteiger partial charge in [-0.1, -0.05) is 45.4 Å². The molecule has 1 heterocycles. The molecule has 21 heavy (non-hydrogen) atoms. The van der Waals surface area contributed by atoms with E-state index in [9.17, 15) is 9.59 Å². The van der Waals surface area contributed by atoms with Crippen molar-refractivity contribution in [2.45, 2.75) is 83.7 Å². The first-order valence-corrected chi connectivity index (χ1v) is 8.73. The maximum Gasteiger partial charge on any atom is 0.246 e. The van der Waals surface area contributed by atoms with Crippen LogP contribution >= 0.6 is 0 Å². The van der Waals surface area contributed by atoms with Crippen molar-refractivity contribution < 1.29 is 9.59 Å². The Morgan fingerprint density at radius 2 is 1.90 bits per heavy atom. The molecule has 1 aliphatic heterocycles. The Labute approximate surface area is 128 Å². The van der Waals surface area contributed by atoms with Crippen LogP contribution in [-0.2, 0) is 9.59 Å². The van der Waals surface area contributed by atoms with Crippen LogP contribution < -0.4 is 5.32 Å². The van der Waals surface area contributed by atoms with Crippen LogP contribution in [0.5, 0.6) is 0 Å². The molecule has 1 saturated heterocycles. The molecule has 4 nitrogen and oxygen atoms in total. The van der Waals surface area contributed by atoms with Crippen LogP contribution in [0.3, 0.4) is 0 Å². The van der Waals surface area contributed by atoms with E-state index in [1.54, 1.807) is 0 Å². The second-order valence-electron chi connectivity index (χ2n) is 6.75. The number of rotatable bonds is 6. The predicted octanol–water partition coefficient (Wildman–Crippen LogP) is 2.86. The molecule has 2 atom stereocenters. The van der Waals surface area contributed by atoms with Gasteiger partial charge in [-0.3, -0.25) is 9.59 Å². The lowest BCUT2D eigenvalue weighted by atomic mass is 9.82. The molecule has 1 N–H and O–H groups in total. The lowest BCUT2D eigenvalue weighted by Gasteiger charge is -2.40. The number of unbranched alkanes of at least 4 members (excludes halogenated alkanes) is 2. The van der Waals surface area contributed by atoms with E-state index in [0.29, 0.717) is 5.92 Å². The summed E-state index contributed by atoms with van der Waals surface area (Å²) in [4.78, 5) is 26.6. The molecule has 1 saturated carbocycles. The van der Waals surface area contributed by atoms with Crippen LogP contribution in [0, 0.1) is 5.92 Å². The van der Waals surface area contributed by atoms with Gasteiger partial charge >= 0.3 is 0 Å². The number of hydrogen-bond acceptors (Lipinski definition) is 2. The molecule has 2 fully saturated rings. The first-order valence-electron chi connectivity index (χ1n) is 8.73. The van der Waals surface area contributed by atoms with E-state index in [0.717, 1.165) is 25.7 Å². The average Bonchev–Trinajstić information content (AvgIpc) is 2.50. The average molecular weight is 294 g/mol. The number of carbonyl (C=O) groups excluding carboxylic acids is 2. The van der Waals surface area contributed by atoms with Gasteiger partial charge in [-0.25, -0.2) is 0 Å². The highest BCUT2D eigenvalue weighted by Crippen LogP contribution is 2.29. The van der Waals surface area contributed by atoms with Gasteiger partial charge in [0.1, 0.15) is 6.04 Å². The number of hydrogen-bond donors (Lipinski definition) is 1. The fourth-order valence-corrected chi connectivity index (χ4v) is 3.70. The van der Waals surface area contributed by atoms with Gasteiger partial charge < -0.3 is 10.2 Å². The fraction of sp³-hybridized carbons (Fsp3) is 0.882. The number of nitrogens with zero attached hydrogens (tertiary/aromatic N) is 1. The molecule has 0 aromatic carbocycles. The zero-order valence-corrected chi connectivity index (χ0v) is 13.6. The summed E-state index contributed by atoms with van der Waals surface area (Å²) < 4.78 is 0. The summed E-state index contributed by atoms with van der Waals surface area (Å²) >= 11 is 0. The molecular formula is C17H30N2O2. The van der Waals surface area contributed by atoms with Gasteiger partial charge in [0.05, 0.1) is 6.54 Å². The normalized spacial score (nSPS) is 25.8. The molecule has 2 unspecified atom stereocenters. The monoisotopic (exact) mass is 294 g/mol. The smallest absolute Gasteiger partial charge is 0.246 e. The van der Waals surface area contributed by atoms with Crippen molar-refractivity contribution >= 4 is 11.8 Å². The molecule has 2 amide bonds. The molecule has 0 radical (unpaired) electrons. The van der Waals surface area contributed by atoms with E-state index in [1.165, 1.54) is 32.1 Å². The van der Waals surface area contributed by atoms with Gasteiger partial charge in [-0.05, 0) is 32.1 Å². The van der Waals surface area contributed by atoms with Gasteiger partial charge in [0.25, 0.3) is 0 Å². The standard InChI is InChI=1S/C17H30N2O2/c1-3-4-6-9-13(2)19-12-15(20)18-16(17(19)21)14-10-7-5-8-11-14/h13-14,16H,3-12H2,1-2H3,(H,18,20). The number of piperazine rings is 1. The second kappa shape index (κ2) is 7.81. The Bertz CT molecular complexity index is 364. The predicted molar refractivity (Wildman–Crippen MR) is 83.8 cm³/mol. The first kappa shape index (κ1) is 16.3. The van der Waals surface area contributed by atoms with Crippen molar-refractivity contribution in [1.82, 2.24) is 10.2 Å². The minimum absolute atomic E-state index is 0.0208. The largest absolute Gasteiger partial charge is 0.342 e. The molecule has 2 rings (SSSR count). The lowest BCUT2D eigenvalue weighted by molar-refractivity contribution is -0.148. The Hall–Kier alpha value is -1.06. The highest BCUT2D eigenvalue weighted by atomic mass is 16.2. The SMILES string of the molecule is CCCCCC(C)N1CC(=O)NC(C2CCCCC2)C1=O. The van der Waals surface area contributed by atoms with E-state index in [-0.39, 0.29) is 30.4 Å². The lowest BCUT2D eigenvalue weighted by Crippen LogP contribution is -2.62. The van der Waals surface area contributed by atoms with Crippen LogP contribution in [0.1, 0.15) is 71.6 Å². The summed E-state index contributed by atoms with van der Waals surface area (Å²) in [5.41, 5.74) is 0. The topological polar surface area (TPSA) is 49.4 Å². The van der Waals surface area contributed by atoms with Crippen LogP contribution in [0.2, 0.25) is 0 Å². The number of amides is 2. The third-order valence-corrected chi connectivity index (χ3v) is 5.06. The van der Waals surface area contributed by atoms with Gasteiger partial charge in [-0.15, -0.1) is 0 Å². The van der Waals surface area contributed by atoms with Crippen molar-refractivity contribution in [2.75, 3.05) is 6.54 Å². The van der Waals surface area contributed by atoms with E-state index in [2.05, 4.69) is 19.2 Å². The maximum absolute atomic E-state index is 12.8. The fourth-order valence-electron chi connectivity index (χ4n) is 3.70. The zero-order chi connectivity index (χ0) is 15.2. The van der Waals surface area contributed by atoms with Gasteiger partial charge in [-0.2, -0.15) is 0 Å². The van der Waals surface area contributed by atoms with Crippen molar-refractivity contribution in [3.63, 3.8) is 0 Å². The minimum atomic E-state index is -0.264. The van der Waals surface area contributed by atoms with Crippen molar-refractivity contribution in [3.8, 4) is 0 Å². The van der Waals surface area contributed by atoms with Crippen molar-refractivity contribution in [1.29, 1.82) is 0 Å². The molecule has 0 aromatic heterocycles. The molecule has 0 spiro atoms. The molecule has 120 valence electrons. The summed E-state index contributed by atoms with van der Waals surface area (Å²) in [6.45, 7) is 4.52. The molecule has 0 bridgehead atoms. The zero-order valence-electron chi connectivity index (χ0n) is 13.6. The van der Waals surface area contributed by atoms with Crippen molar-refractivity contribution in [3.05, 3.63) is 0 Å². The summed E-state index contributed by atoms with van der Waals surface area (Å²) in [5, 5.41) is 2.96. The van der Waals surface area contributed by atoms with E-state index in [1.807, 2.05) is 4.90 Å². The Kier molecular flexibility index (Phi) is 6.07. The molecule has 2 aliphatic rings. The van der Waals surface area contributed by atoms with Crippen LogP contribution in [0.15, 0.2) is 0 Å². The molecule has 1 aliphatic carbocycles. The first-order chi connectivity index (χ1) is 10.1. The second-order valence-corrected chi connectivity index (χ2v) is 6.75. The summed E-state index contributed by atoms with van der Waals surface area (Å²) in [7, 11) is 0. The molecule has 4 heteroatoms. The van der Waals surface area contributed by atoms with Crippen LogP contribution in [0.4, 0.5) is 0 Å². The summed E-state index contributed by atoms with van der Waals surface area (Å²) in [6.07, 6.45) is 10.3. The van der Waals surface area contributed by atoms with Crippen molar-refractivity contribution in [2.24, 2.45) is 5.92 Å². The third kappa shape index (κ3) is 4.21. The maximum atomic E-state index is 12.8. The molecule has 0 aromatic rings. The summed E-state index contributed by atoms with van der Waals surface area (Å²) in [6, 6.07) is -0.0821. The molecular weight excluding hydrogens is 264 g/mol. The third-order valence-electron chi connectivity index (χ3n) is 5.06. The Morgan fingerprint density at radius 1 is 1.19 bits per heavy atom. The van der Waals surface area contributed by atoms with E-state index >= 15 is 0 Å². The van der Waals surface area contributed by atoms with E-state index < -0.39 is 0 Å². The number of nitrogens with one attached hydrogen (secondary N) is 1. The van der Waals surface area contributed by atoms with Gasteiger partial charge in [0.2, 0.25) is 11.8 Å². The minimum Gasteiger partial charge on any atom is -0.342 e. The number of carbonyl (C=O) groups is 2. The van der Waals surface area contributed by atoms with Gasteiger partial charge in [0, 0.05) is 6.04 Å². The van der Waals surface area contributed by atoms with E-state index in [4.69, 9.17) is 0 Å².